The van der Waals surface area contributed by atoms with Gasteiger partial charge >= 0.3 is 5.76 Å². The van der Waals surface area contributed by atoms with E-state index in [1.165, 1.54) is 5.56 Å². The molecule has 3 aromatic rings. The zero-order valence-corrected chi connectivity index (χ0v) is 10.3. The number of benzene rings is 1. The summed E-state index contributed by atoms with van der Waals surface area (Å²) in [6.45, 7) is 2.47. The molecule has 5 nitrogen and oxygen atoms in total. The molecule has 1 aromatic carbocycles. The van der Waals surface area contributed by atoms with Crippen LogP contribution in [0.15, 0.2) is 50.5 Å². The van der Waals surface area contributed by atoms with Crippen LogP contribution in [0.1, 0.15) is 11.1 Å². The van der Waals surface area contributed by atoms with E-state index in [0.29, 0.717) is 6.54 Å². The molecule has 0 amide bonds. The molecule has 0 aliphatic heterocycles. The van der Waals surface area contributed by atoms with E-state index in [2.05, 4.69) is 4.98 Å². The number of rotatable bonds is 2. The fraction of sp³-hybridized carbons (Fsp3) is 0.143. The molecule has 19 heavy (non-hydrogen) atoms. The van der Waals surface area contributed by atoms with Gasteiger partial charge in [0, 0.05) is 6.20 Å². The van der Waals surface area contributed by atoms with E-state index in [-0.39, 0.29) is 16.7 Å². The largest absolute Gasteiger partial charge is 0.417 e. The third-order valence-electron chi connectivity index (χ3n) is 3.03. The van der Waals surface area contributed by atoms with Gasteiger partial charge in [-0.2, -0.15) is 0 Å². The second-order valence-corrected chi connectivity index (χ2v) is 4.49. The van der Waals surface area contributed by atoms with Crippen molar-refractivity contribution in [3.63, 3.8) is 0 Å². The number of fused-ring (bicyclic) bond motifs is 1. The van der Waals surface area contributed by atoms with Crippen LogP contribution in [0.4, 0.5) is 0 Å². The molecule has 2 heterocycles. The number of nitrogens with one attached hydrogen (secondary N) is 1. The van der Waals surface area contributed by atoms with Crippen molar-refractivity contribution in [1.82, 2.24) is 9.55 Å². The predicted octanol–water partition coefficient (Wildman–Crippen LogP) is 1.64. The maximum atomic E-state index is 12.1. The molecule has 3 rings (SSSR count). The van der Waals surface area contributed by atoms with Crippen molar-refractivity contribution in [3.05, 3.63) is 68.6 Å². The number of hydrogen-bond donors (Lipinski definition) is 1. The van der Waals surface area contributed by atoms with E-state index in [0.717, 1.165) is 5.56 Å². The van der Waals surface area contributed by atoms with Crippen LogP contribution in [-0.4, -0.2) is 9.55 Å². The van der Waals surface area contributed by atoms with Crippen molar-refractivity contribution in [2.75, 3.05) is 0 Å². The SMILES string of the molecule is Cc1ccc(Cn2ccc3oc(=O)[nH]c3c2=O)cc1. The first-order chi connectivity index (χ1) is 9.13. The molecule has 1 N–H and O–H groups in total. The summed E-state index contributed by atoms with van der Waals surface area (Å²) < 4.78 is 6.39. The minimum absolute atomic E-state index is 0.208. The summed E-state index contributed by atoms with van der Waals surface area (Å²) in [7, 11) is 0. The summed E-state index contributed by atoms with van der Waals surface area (Å²) in [6.07, 6.45) is 1.63. The molecule has 0 radical (unpaired) electrons. The van der Waals surface area contributed by atoms with Crippen LogP contribution in [0.2, 0.25) is 0 Å². The van der Waals surface area contributed by atoms with Gasteiger partial charge in [0.15, 0.2) is 11.1 Å². The average Bonchev–Trinajstić information content (AvgIpc) is 2.77. The van der Waals surface area contributed by atoms with Gasteiger partial charge in [-0.3, -0.25) is 9.78 Å². The van der Waals surface area contributed by atoms with Crippen LogP contribution in [0.5, 0.6) is 0 Å². The monoisotopic (exact) mass is 256 g/mol. The molecular weight excluding hydrogens is 244 g/mol. The van der Waals surface area contributed by atoms with E-state index >= 15 is 0 Å². The third kappa shape index (κ3) is 2.10. The van der Waals surface area contributed by atoms with Crippen LogP contribution < -0.4 is 11.3 Å². The number of nitrogens with zero attached hydrogens (tertiary/aromatic N) is 1. The summed E-state index contributed by atoms with van der Waals surface area (Å²) in [5.41, 5.74) is 2.43. The first-order valence-corrected chi connectivity index (χ1v) is 5.91. The molecule has 0 unspecified atom stereocenters. The molecule has 5 heteroatoms. The summed E-state index contributed by atoms with van der Waals surface area (Å²) in [4.78, 5) is 25.6. The van der Waals surface area contributed by atoms with Crippen LogP contribution in [0, 0.1) is 6.92 Å². The zero-order chi connectivity index (χ0) is 13.4. The number of oxazole rings is 1. The number of aromatic nitrogens is 2. The van der Waals surface area contributed by atoms with Gasteiger partial charge in [0.25, 0.3) is 5.56 Å². The molecule has 2 aromatic heterocycles. The highest BCUT2D eigenvalue weighted by molar-refractivity contribution is 5.70. The van der Waals surface area contributed by atoms with Gasteiger partial charge in [-0.15, -0.1) is 0 Å². The van der Waals surface area contributed by atoms with Crippen molar-refractivity contribution in [2.45, 2.75) is 13.5 Å². The molecule has 0 saturated heterocycles. The molecule has 0 atom stereocenters. The Bertz CT molecular complexity index is 837. The Morgan fingerprint density at radius 1 is 1.16 bits per heavy atom. The maximum Gasteiger partial charge on any atom is 0.417 e. The van der Waals surface area contributed by atoms with Crippen molar-refractivity contribution < 1.29 is 4.42 Å². The third-order valence-corrected chi connectivity index (χ3v) is 3.03. The highest BCUT2D eigenvalue weighted by Crippen LogP contribution is 2.07. The topological polar surface area (TPSA) is 68.0 Å². The maximum absolute atomic E-state index is 12.1. The summed E-state index contributed by atoms with van der Waals surface area (Å²) in [6, 6.07) is 9.56. The second kappa shape index (κ2) is 4.28. The average molecular weight is 256 g/mol. The Labute approximate surface area is 108 Å². The van der Waals surface area contributed by atoms with Crippen molar-refractivity contribution in [1.29, 1.82) is 0 Å². The van der Waals surface area contributed by atoms with Crippen LogP contribution in [-0.2, 0) is 6.54 Å². The summed E-state index contributed by atoms with van der Waals surface area (Å²) in [5.74, 6) is -0.611. The second-order valence-electron chi connectivity index (χ2n) is 4.49. The van der Waals surface area contributed by atoms with Gasteiger partial charge in [-0.05, 0) is 18.6 Å². The first-order valence-electron chi connectivity index (χ1n) is 5.91. The number of H-pyrrole nitrogens is 1. The smallest absolute Gasteiger partial charge is 0.408 e. The summed E-state index contributed by atoms with van der Waals surface area (Å²) in [5, 5.41) is 0. The molecule has 0 fully saturated rings. The molecule has 0 aliphatic rings. The summed E-state index contributed by atoms with van der Waals surface area (Å²) >= 11 is 0. The van der Waals surface area contributed by atoms with Crippen LogP contribution in [0.3, 0.4) is 0 Å². The minimum Gasteiger partial charge on any atom is -0.408 e. The number of hydrogen-bond acceptors (Lipinski definition) is 3. The lowest BCUT2D eigenvalue weighted by molar-refractivity contribution is 0.555. The number of aryl methyl sites for hydroxylation is 1. The highest BCUT2D eigenvalue weighted by atomic mass is 16.4. The normalized spacial score (nSPS) is 11.0. The first kappa shape index (κ1) is 11.5. The quantitative estimate of drug-likeness (QED) is 0.757. The molecule has 0 spiro atoms. The number of aromatic amines is 1. The fourth-order valence-corrected chi connectivity index (χ4v) is 2.00. The van der Waals surface area contributed by atoms with Gasteiger partial charge in [-0.25, -0.2) is 4.79 Å². The van der Waals surface area contributed by atoms with Crippen molar-refractivity contribution in [3.8, 4) is 0 Å². The predicted molar refractivity (Wildman–Crippen MR) is 71.4 cm³/mol. The van der Waals surface area contributed by atoms with Gasteiger partial charge in [0.05, 0.1) is 6.54 Å². The van der Waals surface area contributed by atoms with Gasteiger partial charge in [0.2, 0.25) is 0 Å². The van der Waals surface area contributed by atoms with Crippen LogP contribution in [0.25, 0.3) is 11.1 Å². The Balaban J connectivity index is 2.05. The zero-order valence-electron chi connectivity index (χ0n) is 10.3. The Morgan fingerprint density at radius 2 is 1.89 bits per heavy atom. The lowest BCUT2D eigenvalue weighted by Gasteiger charge is -2.05. The Morgan fingerprint density at radius 3 is 2.63 bits per heavy atom. The van der Waals surface area contributed by atoms with E-state index in [1.807, 2.05) is 31.2 Å². The fourth-order valence-electron chi connectivity index (χ4n) is 2.00. The molecule has 0 saturated carbocycles. The van der Waals surface area contributed by atoms with Gasteiger partial charge in [-0.1, -0.05) is 29.8 Å². The number of pyridine rings is 1. The van der Waals surface area contributed by atoms with Gasteiger partial charge < -0.3 is 8.98 Å². The minimum atomic E-state index is -0.611. The standard InChI is InChI=1S/C14H12N2O3/c1-9-2-4-10(5-3-9)8-16-7-6-11-12(13(16)17)15-14(18)19-11/h2-7H,8H2,1H3,(H,15,18). The Kier molecular flexibility index (Phi) is 2.59. The van der Waals surface area contributed by atoms with E-state index in [4.69, 9.17) is 4.42 Å². The van der Waals surface area contributed by atoms with E-state index < -0.39 is 5.76 Å². The lowest BCUT2D eigenvalue weighted by Crippen LogP contribution is -2.20. The van der Waals surface area contributed by atoms with E-state index in [9.17, 15) is 9.59 Å². The van der Waals surface area contributed by atoms with Crippen molar-refractivity contribution in [2.24, 2.45) is 0 Å². The molecular formula is C14H12N2O3. The molecule has 96 valence electrons. The van der Waals surface area contributed by atoms with Crippen molar-refractivity contribution >= 4 is 11.1 Å². The molecule has 0 aliphatic carbocycles. The van der Waals surface area contributed by atoms with E-state index in [1.54, 1.807) is 16.8 Å². The lowest BCUT2D eigenvalue weighted by atomic mass is 10.1. The Hall–Kier alpha value is -2.56. The molecule has 0 bridgehead atoms. The highest BCUT2D eigenvalue weighted by Gasteiger charge is 2.07. The van der Waals surface area contributed by atoms with Gasteiger partial charge in [0.1, 0.15) is 0 Å². The van der Waals surface area contributed by atoms with Crippen LogP contribution >= 0.6 is 0 Å².